The minimum Gasteiger partial charge on any atom is -0.390 e. The van der Waals surface area contributed by atoms with Gasteiger partial charge in [0.25, 0.3) is 0 Å². The Hall–Kier alpha value is -1.67. The number of hydrogen-bond donors (Lipinski definition) is 1. The van der Waals surface area contributed by atoms with Gasteiger partial charge in [-0.25, -0.2) is 0 Å². The first kappa shape index (κ1) is 21.2. The third-order valence-electron chi connectivity index (χ3n) is 9.95. The second-order valence-electron chi connectivity index (χ2n) is 11.7. The SMILES string of the molecule is C[C@@]1(O)CC[C@H]2[C@H](CC[C@@H]3[C@@H]2CC[C@]2(C)[C@@H](C(=O)Cn4cc(C#N)cn4)CCC[C@@H]32)C1. The summed E-state index contributed by atoms with van der Waals surface area (Å²) in [5, 5.41) is 23.9. The van der Waals surface area contributed by atoms with Crippen molar-refractivity contribution in [2.75, 3.05) is 0 Å². The zero-order valence-electron chi connectivity index (χ0n) is 19.1. The van der Waals surface area contributed by atoms with Gasteiger partial charge < -0.3 is 5.11 Å². The van der Waals surface area contributed by atoms with Crippen LogP contribution in [0.4, 0.5) is 0 Å². The standard InChI is InChI=1S/C26H37N3O2/c1-25(31)10-8-19-18(12-25)6-7-21-20(19)9-11-26(2)22(21)4-3-5-23(26)24(30)16-29-15-17(13-27)14-28-29/h14-15,18-23,31H,3-12,16H2,1-2H3/t18-,19+,20-,21-,22+,23-,25-,26+/m1/s1. The van der Waals surface area contributed by atoms with Crippen LogP contribution >= 0.6 is 0 Å². The van der Waals surface area contributed by atoms with Crippen molar-refractivity contribution in [1.29, 1.82) is 5.26 Å². The highest BCUT2D eigenvalue weighted by Gasteiger charge is 2.57. The normalized spacial score (nSPS) is 44.5. The number of aliphatic hydroxyl groups is 1. The summed E-state index contributed by atoms with van der Waals surface area (Å²) >= 11 is 0. The highest BCUT2D eigenvalue weighted by molar-refractivity contribution is 5.81. The van der Waals surface area contributed by atoms with E-state index < -0.39 is 5.60 Å². The summed E-state index contributed by atoms with van der Waals surface area (Å²) in [5.74, 6) is 4.12. The molecule has 0 amide bonds. The van der Waals surface area contributed by atoms with Crippen LogP contribution in [0.2, 0.25) is 0 Å². The Kier molecular flexibility index (Phi) is 5.28. The van der Waals surface area contributed by atoms with E-state index in [9.17, 15) is 9.90 Å². The van der Waals surface area contributed by atoms with E-state index in [1.807, 2.05) is 6.92 Å². The highest BCUT2D eigenvalue weighted by Crippen LogP contribution is 2.63. The van der Waals surface area contributed by atoms with Crippen LogP contribution < -0.4 is 0 Å². The molecule has 0 aliphatic heterocycles. The van der Waals surface area contributed by atoms with E-state index in [4.69, 9.17) is 5.26 Å². The molecule has 8 atom stereocenters. The van der Waals surface area contributed by atoms with E-state index >= 15 is 0 Å². The van der Waals surface area contributed by atoms with Crippen LogP contribution in [0.15, 0.2) is 12.4 Å². The van der Waals surface area contributed by atoms with Crippen molar-refractivity contribution in [3.8, 4) is 6.07 Å². The van der Waals surface area contributed by atoms with Crippen LogP contribution in [0.5, 0.6) is 0 Å². The maximum atomic E-state index is 13.4. The fraction of sp³-hybridized carbons (Fsp3) is 0.808. The Morgan fingerprint density at radius 3 is 2.74 bits per heavy atom. The number of carbonyl (C=O) groups is 1. The van der Waals surface area contributed by atoms with Gasteiger partial charge in [-0.2, -0.15) is 10.4 Å². The van der Waals surface area contributed by atoms with Crippen molar-refractivity contribution in [3.05, 3.63) is 18.0 Å². The van der Waals surface area contributed by atoms with Gasteiger partial charge in [0.1, 0.15) is 6.07 Å². The topological polar surface area (TPSA) is 78.9 Å². The molecule has 0 radical (unpaired) electrons. The zero-order valence-corrected chi connectivity index (χ0v) is 19.1. The van der Waals surface area contributed by atoms with Crippen molar-refractivity contribution in [3.63, 3.8) is 0 Å². The smallest absolute Gasteiger partial charge is 0.157 e. The second-order valence-corrected chi connectivity index (χ2v) is 11.7. The molecule has 31 heavy (non-hydrogen) atoms. The molecular weight excluding hydrogens is 386 g/mol. The predicted octanol–water partition coefficient (Wildman–Crippen LogP) is 4.73. The van der Waals surface area contributed by atoms with Crippen LogP contribution in [-0.2, 0) is 11.3 Å². The maximum Gasteiger partial charge on any atom is 0.157 e. The Bertz CT molecular complexity index is 883. The minimum absolute atomic E-state index is 0.106. The molecule has 1 N–H and O–H groups in total. The fourth-order valence-electron chi connectivity index (χ4n) is 8.58. The van der Waals surface area contributed by atoms with Crippen molar-refractivity contribution in [2.24, 2.45) is 40.9 Å². The molecule has 4 saturated carbocycles. The van der Waals surface area contributed by atoms with E-state index in [1.165, 1.54) is 32.1 Å². The lowest BCUT2D eigenvalue weighted by Crippen LogP contribution is -2.55. The van der Waals surface area contributed by atoms with Crippen LogP contribution in [-0.4, -0.2) is 26.3 Å². The molecule has 4 aliphatic carbocycles. The number of ketones is 1. The molecule has 1 aromatic heterocycles. The number of aromatic nitrogens is 2. The van der Waals surface area contributed by atoms with E-state index in [2.05, 4.69) is 18.1 Å². The monoisotopic (exact) mass is 423 g/mol. The predicted molar refractivity (Wildman–Crippen MR) is 118 cm³/mol. The third-order valence-corrected chi connectivity index (χ3v) is 9.95. The molecule has 5 rings (SSSR count). The van der Waals surface area contributed by atoms with Gasteiger partial charge in [-0.15, -0.1) is 0 Å². The van der Waals surface area contributed by atoms with Crippen LogP contribution in [0.1, 0.15) is 83.6 Å². The summed E-state index contributed by atoms with van der Waals surface area (Å²) in [5.41, 5.74) is 0.163. The molecule has 0 saturated heterocycles. The summed E-state index contributed by atoms with van der Waals surface area (Å²) in [4.78, 5) is 13.4. The Morgan fingerprint density at radius 1 is 1.16 bits per heavy atom. The summed E-state index contributed by atoms with van der Waals surface area (Å²) in [6.07, 6.45) is 14.8. The van der Waals surface area contributed by atoms with Gasteiger partial charge in [-0.05, 0) is 99.7 Å². The fourth-order valence-corrected chi connectivity index (χ4v) is 8.58. The molecule has 0 unspecified atom stereocenters. The van der Waals surface area contributed by atoms with Crippen LogP contribution in [0.3, 0.4) is 0 Å². The Labute approximate surface area is 186 Å². The summed E-state index contributed by atoms with van der Waals surface area (Å²) in [6.45, 7) is 4.74. The maximum absolute atomic E-state index is 13.4. The lowest BCUT2D eigenvalue weighted by atomic mass is 9.44. The number of Topliss-reactive ketones (excluding diaryl/α,β-unsaturated/α-hetero) is 1. The van der Waals surface area contributed by atoms with Crippen molar-refractivity contribution in [1.82, 2.24) is 9.78 Å². The Morgan fingerprint density at radius 2 is 1.97 bits per heavy atom. The number of hydrogen-bond acceptors (Lipinski definition) is 4. The molecule has 1 heterocycles. The number of rotatable bonds is 3. The molecule has 1 aromatic rings. The van der Waals surface area contributed by atoms with E-state index in [1.54, 1.807) is 17.1 Å². The zero-order chi connectivity index (χ0) is 21.8. The summed E-state index contributed by atoms with van der Waals surface area (Å²) < 4.78 is 1.65. The average molecular weight is 424 g/mol. The van der Waals surface area contributed by atoms with Gasteiger partial charge >= 0.3 is 0 Å². The lowest BCUT2D eigenvalue weighted by molar-refractivity contribution is -0.148. The van der Waals surface area contributed by atoms with Gasteiger partial charge in [-0.1, -0.05) is 13.3 Å². The van der Waals surface area contributed by atoms with E-state index in [-0.39, 0.29) is 11.3 Å². The Balaban J connectivity index is 1.33. The molecule has 4 aliphatic rings. The molecule has 0 spiro atoms. The third kappa shape index (κ3) is 3.65. The average Bonchev–Trinajstić information content (AvgIpc) is 3.19. The first-order chi connectivity index (χ1) is 14.8. The van der Waals surface area contributed by atoms with Gasteiger partial charge in [0.2, 0.25) is 0 Å². The number of nitrogens with zero attached hydrogens (tertiary/aromatic N) is 3. The minimum atomic E-state index is -0.461. The van der Waals surface area contributed by atoms with Crippen molar-refractivity contribution >= 4 is 5.78 Å². The molecular formula is C26H37N3O2. The number of carbonyl (C=O) groups excluding carboxylic acids is 1. The van der Waals surface area contributed by atoms with E-state index in [0.29, 0.717) is 29.7 Å². The molecule has 5 heteroatoms. The van der Waals surface area contributed by atoms with Gasteiger partial charge in [-0.3, -0.25) is 9.48 Å². The summed E-state index contributed by atoms with van der Waals surface area (Å²) in [6, 6.07) is 2.10. The lowest BCUT2D eigenvalue weighted by Gasteiger charge is -2.60. The largest absolute Gasteiger partial charge is 0.390 e. The quantitative estimate of drug-likeness (QED) is 0.762. The first-order valence-electron chi connectivity index (χ1n) is 12.5. The van der Waals surface area contributed by atoms with E-state index in [0.717, 1.165) is 49.9 Å². The molecule has 0 bridgehead atoms. The van der Waals surface area contributed by atoms with Gasteiger partial charge in [0, 0.05) is 12.1 Å². The second kappa shape index (κ2) is 7.73. The molecule has 5 nitrogen and oxygen atoms in total. The van der Waals surface area contributed by atoms with Crippen molar-refractivity contribution in [2.45, 2.75) is 90.2 Å². The van der Waals surface area contributed by atoms with Gasteiger partial charge in [0.15, 0.2) is 5.78 Å². The van der Waals surface area contributed by atoms with Crippen LogP contribution in [0.25, 0.3) is 0 Å². The summed E-state index contributed by atoms with van der Waals surface area (Å²) in [7, 11) is 0. The highest BCUT2D eigenvalue weighted by atomic mass is 16.3. The molecule has 0 aromatic carbocycles. The number of fused-ring (bicyclic) bond motifs is 5. The first-order valence-corrected chi connectivity index (χ1v) is 12.5. The molecule has 168 valence electrons. The van der Waals surface area contributed by atoms with Crippen molar-refractivity contribution < 1.29 is 9.90 Å². The molecule has 4 fully saturated rings. The number of nitriles is 1. The van der Waals surface area contributed by atoms with Crippen LogP contribution in [0, 0.1) is 52.3 Å². The van der Waals surface area contributed by atoms with Gasteiger partial charge in [0.05, 0.1) is 23.9 Å².